The van der Waals surface area contributed by atoms with E-state index in [1.54, 1.807) is 31.2 Å². The molecular weight excluding hydrogens is 326 g/mol. The van der Waals surface area contributed by atoms with Crippen molar-refractivity contribution in [1.82, 2.24) is 4.72 Å². The number of benzene rings is 2. The average molecular weight is 347 g/mol. The fourth-order valence-corrected chi connectivity index (χ4v) is 3.82. The van der Waals surface area contributed by atoms with Crippen LogP contribution in [0.3, 0.4) is 0 Å². The Morgan fingerprint density at radius 3 is 2.21 bits per heavy atom. The van der Waals surface area contributed by atoms with Crippen LogP contribution in [-0.4, -0.2) is 15.2 Å². The van der Waals surface area contributed by atoms with Crippen LogP contribution < -0.4 is 14.2 Å². The minimum absolute atomic E-state index is 0.196. The quantitative estimate of drug-likeness (QED) is 0.898. The summed E-state index contributed by atoms with van der Waals surface area (Å²) in [5.74, 6) is 1.68. The Morgan fingerprint density at radius 2 is 1.54 bits per heavy atom. The first-order valence-electron chi connectivity index (χ1n) is 7.88. The van der Waals surface area contributed by atoms with Crippen LogP contribution in [0.5, 0.6) is 11.5 Å². The zero-order valence-electron chi connectivity index (χ0n) is 13.9. The normalized spacial score (nSPS) is 14.8. The Labute approximate surface area is 142 Å². The monoisotopic (exact) mass is 347 g/mol. The lowest BCUT2D eigenvalue weighted by molar-refractivity contribution is 0.174. The SMILES string of the molecule is CC(C)c1ccc(S(=O)(=O)N[C@H](C)c2ccc3c(c2)OCO3)cc1. The Kier molecular flexibility index (Phi) is 4.51. The molecule has 0 aliphatic carbocycles. The molecule has 1 aliphatic rings. The van der Waals surface area contributed by atoms with Crippen molar-refractivity contribution in [1.29, 1.82) is 0 Å². The summed E-state index contributed by atoms with van der Waals surface area (Å²) >= 11 is 0. The Balaban J connectivity index is 1.78. The molecule has 24 heavy (non-hydrogen) atoms. The average Bonchev–Trinajstić information content (AvgIpc) is 3.02. The van der Waals surface area contributed by atoms with Crippen LogP contribution in [0.2, 0.25) is 0 Å². The van der Waals surface area contributed by atoms with Gasteiger partial charge in [-0.2, -0.15) is 0 Å². The van der Waals surface area contributed by atoms with Gasteiger partial charge in [0.2, 0.25) is 16.8 Å². The lowest BCUT2D eigenvalue weighted by Crippen LogP contribution is -2.26. The number of hydrogen-bond acceptors (Lipinski definition) is 4. The predicted octanol–water partition coefficient (Wildman–Crippen LogP) is 3.58. The predicted molar refractivity (Wildman–Crippen MR) is 91.8 cm³/mol. The van der Waals surface area contributed by atoms with Crippen LogP contribution in [0.1, 0.15) is 43.9 Å². The molecule has 0 radical (unpaired) electrons. The molecule has 128 valence electrons. The van der Waals surface area contributed by atoms with Gasteiger partial charge in [0, 0.05) is 6.04 Å². The Hall–Kier alpha value is -2.05. The highest BCUT2D eigenvalue weighted by Gasteiger charge is 2.21. The van der Waals surface area contributed by atoms with E-state index in [1.807, 2.05) is 18.2 Å². The summed E-state index contributed by atoms with van der Waals surface area (Å²) in [6.07, 6.45) is 0. The molecule has 0 amide bonds. The maximum Gasteiger partial charge on any atom is 0.241 e. The molecule has 0 fully saturated rings. The Morgan fingerprint density at radius 1 is 0.917 bits per heavy atom. The molecule has 0 saturated carbocycles. The van der Waals surface area contributed by atoms with Gasteiger partial charge in [-0.1, -0.05) is 32.0 Å². The minimum atomic E-state index is -3.59. The van der Waals surface area contributed by atoms with Gasteiger partial charge in [-0.15, -0.1) is 0 Å². The fourth-order valence-electron chi connectivity index (χ4n) is 2.58. The number of hydrogen-bond donors (Lipinski definition) is 1. The van der Waals surface area contributed by atoms with E-state index < -0.39 is 10.0 Å². The smallest absolute Gasteiger partial charge is 0.241 e. The van der Waals surface area contributed by atoms with Crippen molar-refractivity contribution in [3.05, 3.63) is 53.6 Å². The molecule has 5 nitrogen and oxygen atoms in total. The highest BCUT2D eigenvalue weighted by atomic mass is 32.2. The first kappa shape index (κ1) is 16.8. The van der Waals surface area contributed by atoms with Gasteiger partial charge in [-0.25, -0.2) is 13.1 Å². The molecule has 0 bridgehead atoms. The maximum absolute atomic E-state index is 12.6. The first-order valence-corrected chi connectivity index (χ1v) is 9.37. The van der Waals surface area contributed by atoms with Crippen LogP contribution in [0.25, 0.3) is 0 Å². The van der Waals surface area contributed by atoms with Crippen LogP contribution in [-0.2, 0) is 10.0 Å². The zero-order chi connectivity index (χ0) is 17.3. The second-order valence-electron chi connectivity index (χ2n) is 6.18. The van der Waals surface area contributed by atoms with Crippen molar-refractivity contribution in [2.24, 2.45) is 0 Å². The summed E-state index contributed by atoms with van der Waals surface area (Å²) < 4.78 is 38.4. The van der Waals surface area contributed by atoms with E-state index in [9.17, 15) is 8.42 Å². The van der Waals surface area contributed by atoms with E-state index in [0.717, 1.165) is 11.1 Å². The molecule has 0 aromatic heterocycles. The zero-order valence-corrected chi connectivity index (χ0v) is 14.8. The van der Waals surface area contributed by atoms with Gasteiger partial charge in [0.15, 0.2) is 11.5 Å². The first-order chi connectivity index (χ1) is 11.4. The molecule has 6 heteroatoms. The van der Waals surface area contributed by atoms with E-state index in [2.05, 4.69) is 18.6 Å². The third-order valence-electron chi connectivity index (χ3n) is 4.09. The van der Waals surface area contributed by atoms with Gasteiger partial charge >= 0.3 is 0 Å². The number of fused-ring (bicyclic) bond motifs is 1. The van der Waals surface area contributed by atoms with Gasteiger partial charge in [-0.05, 0) is 48.2 Å². The van der Waals surface area contributed by atoms with E-state index in [1.165, 1.54) is 0 Å². The van der Waals surface area contributed by atoms with E-state index >= 15 is 0 Å². The largest absolute Gasteiger partial charge is 0.454 e. The van der Waals surface area contributed by atoms with E-state index in [0.29, 0.717) is 17.4 Å². The van der Waals surface area contributed by atoms with Crippen molar-refractivity contribution in [3.63, 3.8) is 0 Å². The number of rotatable bonds is 5. The lowest BCUT2D eigenvalue weighted by atomic mass is 10.0. The molecule has 0 saturated heterocycles. The standard InChI is InChI=1S/C18H21NO4S/c1-12(2)14-4-7-16(8-5-14)24(20,21)19-13(3)15-6-9-17-18(10-15)23-11-22-17/h4-10,12-13,19H,11H2,1-3H3/t13-/m1/s1. The lowest BCUT2D eigenvalue weighted by Gasteiger charge is -2.15. The van der Waals surface area contributed by atoms with Crippen molar-refractivity contribution in [3.8, 4) is 11.5 Å². The van der Waals surface area contributed by atoms with Crippen molar-refractivity contribution in [2.75, 3.05) is 6.79 Å². The summed E-state index contributed by atoms with van der Waals surface area (Å²) in [6.45, 7) is 6.14. The molecule has 1 N–H and O–H groups in total. The molecule has 2 aromatic carbocycles. The molecule has 3 rings (SSSR count). The summed E-state index contributed by atoms with van der Waals surface area (Å²) in [7, 11) is -3.59. The summed E-state index contributed by atoms with van der Waals surface area (Å²) in [6, 6.07) is 12.0. The van der Waals surface area contributed by atoms with E-state index in [-0.39, 0.29) is 17.7 Å². The molecule has 0 unspecified atom stereocenters. The summed E-state index contributed by atoms with van der Waals surface area (Å²) in [4.78, 5) is 0.263. The molecule has 0 spiro atoms. The second-order valence-corrected chi connectivity index (χ2v) is 7.89. The number of sulfonamides is 1. The van der Waals surface area contributed by atoms with Crippen LogP contribution in [0.15, 0.2) is 47.4 Å². The van der Waals surface area contributed by atoms with Gasteiger partial charge < -0.3 is 9.47 Å². The maximum atomic E-state index is 12.6. The van der Waals surface area contributed by atoms with E-state index in [4.69, 9.17) is 9.47 Å². The van der Waals surface area contributed by atoms with Gasteiger partial charge in [0.25, 0.3) is 0 Å². The summed E-state index contributed by atoms with van der Waals surface area (Å²) in [5.41, 5.74) is 1.93. The topological polar surface area (TPSA) is 64.6 Å². The van der Waals surface area contributed by atoms with Crippen LogP contribution in [0, 0.1) is 0 Å². The Bertz CT molecular complexity index is 829. The fraction of sp³-hybridized carbons (Fsp3) is 0.333. The van der Waals surface area contributed by atoms with Crippen molar-refractivity contribution >= 4 is 10.0 Å². The van der Waals surface area contributed by atoms with Crippen LogP contribution in [0.4, 0.5) is 0 Å². The van der Waals surface area contributed by atoms with Gasteiger partial charge in [0.05, 0.1) is 4.90 Å². The van der Waals surface area contributed by atoms with Crippen molar-refractivity contribution < 1.29 is 17.9 Å². The highest BCUT2D eigenvalue weighted by Crippen LogP contribution is 2.34. The third-order valence-corrected chi connectivity index (χ3v) is 5.64. The minimum Gasteiger partial charge on any atom is -0.454 e. The van der Waals surface area contributed by atoms with Gasteiger partial charge in [0.1, 0.15) is 0 Å². The molecule has 2 aromatic rings. The second kappa shape index (κ2) is 6.45. The number of nitrogens with one attached hydrogen (secondary N) is 1. The van der Waals surface area contributed by atoms with Gasteiger partial charge in [-0.3, -0.25) is 0 Å². The van der Waals surface area contributed by atoms with Crippen molar-refractivity contribution in [2.45, 2.75) is 37.6 Å². The molecule has 1 heterocycles. The highest BCUT2D eigenvalue weighted by molar-refractivity contribution is 7.89. The number of ether oxygens (including phenoxy) is 2. The van der Waals surface area contributed by atoms with Crippen LogP contribution >= 0.6 is 0 Å². The molecule has 1 aliphatic heterocycles. The molecular formula is C18H21NO4S. The molecule has 1 atom stereocenters. The summed E-state index contributed by atoms with van der Waals surface area (Å²) in [5, 5.41) is 0. The third kappa shape index (κ3) is 3.39.